The molecule has 1 rings (SSSR count). The van der Waals surface area contributed by atoms with Crippen molar-refractivity contribution >= 4 is 5.91 Å². The van der Waals surface area contributed by atoms with E-state index in [4.69, 9.17) is 5.11 Å². The van der Waals surface area contributed by atoms with E-state index in [1.807, 2.05) is 0 Å². The molecule has 0 fully saturated rings. The second-order valence-electron chi connectivity index (χ2n) is 3.54. The van der Waals surface area contributed by atoms with Gasteiger partial charge in [0, 0.05) is 12.1 Å². The van der Waals surface area contributed by atoms with Crippen molar-refractivity contribution in [2.45, 2.75) is 19.4 Å². The lowest BCUT2D eigenvalue weighted by atomic mass is 10.1. The third-order valence-corrected chi connectivity index (χ3v) is 1.98. The smallest absolute Gasteiger partial charge is 0.224 e. The molecular formula is C11H13F2NO2. The fraction of sp³-hybridized carbons (Fsp3) is 0.364. The van der Waals surface area contributed by atoms with Gasteiger partial charge < -0.3 is 10.4 Å². The zero-order valence-electron chi connectivity index (χ0n) is 8.84. The van der Waals surface area contributed by atoms with Crippen molar-refractivity contribution < 1.29 is 18.7 Å². The highest BCUT2D eigenvalue weighted by Crippen LogP contribution is 2.11. The van der Waals surface area contributed by atoms with Crippen molar-refractivity contribution in [3.8, 4) is 0 Å². The largest absolute Gasteiger partial charge is 0.392 e. The second kappa shape index (κ2) is 5.55. The predicted octanol–water partition coefficient (Wildman–Crippen LogP) is 1.00. The van der Waals surface area contributed by atoms with Gasteiger partial charge >= 0.3 is 0 Å². The number of hydrogen-bond donors (Lipinski definition) is 2. The van der Waals surface area contributed by atoms with E-state index in [0.29, 0.717) is 0 Å². The molecule has 0 bridgehead atoms. The molecule has 3 nitrogen and oxygen atoms in total. The van der Waals surface area contributed by atoms with Crippen molar-refractivity contribution in [1.82, 2.24) is 5.32 Å². The maximum Gasteiger partial charge on any atom is 0.224 e. The molecule has 0 aliphatic rings. The Labute approximate surface area is 92.1 Å². The summed E-state index contributed by atoms with van der Waals surface area (Å²) in [7, 11) is 0. The molecule has 1 atom stereocenters. The van der Waals surface area contributed by atoms with Crippen molar-refractivity contribution in [3.63, 3.8) is 0 Å². The monoisotopic (exact) mass is 229 g/mol. The Balaban J connectivity index is 2.59. The number of nitrogens with one attached hydrogen (secondary N) is 1. The van der Waals surface area contributed by atoms with Gasteiger partial charge in [0.2, 0.25) is 5.91 Å². The highest BCUT2D eigenvalue weighted by atomic mass is 19.2. The van der Waals surface area contributed by atoms with Crippen LogP contribution in [0.2, 0.25) is 0 Å². The summed E-state index contributed by atoms with van der Waals surface area (Å²) in [5, 5.41) is 11.3. The molecule has 0 radical (unpaired) electrons. The van der Waals surface area contributed by atoms with E-state index in [2.05, 4.69) is 5.32 Å². The standard InChI is InChI=1S/C11H13F2NO2/c1-7(15)6-14-10(16)5-8-3-2-4-9(12)11(8)13/h2-4,7,15H,5-6H2,1H3,(H,14,16)/t7-/m0/s1. The van der Waals surface area contributed by atoms with Crippen LogP contribution in [-0.4, -0.2) is 23.7 Å². The van der Waals surface area contributed by atoms with Gasteiger partial charge in [-0.25, -0.2) is 8.78 Å². The SMILES string of the molecule is C[C@H](O)CNC(=O)Cc1cccc(F)c1F. The van der Waals surface area contributed by atoms with Crippen molar-refractivity contribution in [2.75, 3.05) is 6.54 Å². The second-order valence-corrected chi connectivity index (χ2v) is 3.54. The molecule has 0 saturated heterocycles. The number of hydrogen-bond acceptors (Lipinski definition) is 2. The zero-order chi connectivity index (χ0) is 12.1. The van der Waals surface area contributed by atoms with Crippen LogP contribution in [0.1, 0.15) is 12.5 Å². The van der Waals surface area contributed by atoms with Gasteiger partial charge in [-0.15, -0.1) is 0 Å². The van der Waals surface area contributed by atoms with Gasteiger partial charge in [-0.05, 0) is 13.0 Å². The summed E-state index contributed by atoms with van der Waals surface area (Å²) in [4.78, 5) is 11.3. The molecule has 1 aromatic carbocycles. The van der Waals surface area contributed by atoms with E-state index in [1.165, 1.54) is 19.1 Å². The van der Waals surface area contributed by atoms with Gasteiger partial charge in [0.25, 0.3) is 0 Å². The number of aliphatic hydroxyl groups is 1. The minimum atomic E-state index is -1.00. The van der Waals surface area contributed by atoms with Crippen LogP contribution in [0.3, 0.4) is 0 Å². The van der Waals surface area contributed by atoms with E-state index in [-0.39, 0.29) is 18.5 Å². The summed E-state index contributed by atoms with van der Waals surface area (Å²) in [6.45, 7) is 1.61. The van der Waals surface area contributed by atoms with Crippen LogP contribution in [0, 0.1) is 11.6 Å². The Morgan fingerprint density at radius 1 is 1.50 bits per heavy atom. The minimum absolute atomic E-state index is 0.00286. The summed E-state index contributed by atoms with van der Waals surface area (Å²) in [5.41, 5.74) is 0.00286. The number of carbonyl (C=O) groups is 1. The molecule has 0 aliphatic heterocycles. The summed E-state index contributed by atoms with van der Waals surface area (Å²) < 4.78 is 26.0. The highest BCUT2D eigenvalue weighted by Gasteiger charge is 2.11. The molecule has 0 spiro atoms. The van der Waals surface area contributed by atoms with Crippen LogP contribution in [0.15, 0.2) is 18.2 Å². The van der Waals surface area contributed by atoms with Crippen LogP contribution in [0.4, 0.5) is 8.78 Å². The first-order valence-corrected chi connectivity index (χ1v) is 4.88. The molecule has 16 heavy (non-hydrogen) atoms. The molecule has 0 aromatic heterocycles. The summed E-state index contributed by atoms with van der Waals surface area (Å²) in [6.07, 6.45) is -0.905. The Hall–Kier alpha value is -1.49. The fourth-order valence-electron chi connectivity index (χ4n) is 1.18. The molecule has 0 heterocycles. The highest BCUT2D eigenvalue weighted by molar-refractivity contribution is 5.78. The van der Waals surface area contributed by atoms with Gasteiger partial charge in [0.05, 0.1) is 12.5 Å². The number of carbonyl (C=O) groups excluding carboxylic acids is 1. The van der Waals surface area contributed by atoms with Gasteiger partial charge in [-0.1, -0.05) is 12.1 Å². The molecule has 1 amide bonds. The molecule has 0 saturated carbocycles. The normalized spacial score (nSPS) is 12.2. The Morgan fingerprint density at radius 3 is 2.81 bits per heavy atom. The number of amides is 1. The molecular weight excluding hydrogens is 216 g/mol. The van der Waals surface area contributed by atoms with Crippen molar-refractivity contribution in [3.05, 3.63) is 35.4 Å². The average Bonchev–Trinajstić information content (AvgIpc) is 2.22. The molecule has 2 N–H and O–H groups in total. The molecule has 0 aliphatic carbocycles. The topological polar surface area (TPSA) is 49.3 Å². The minimum Gasteiger partial charge on any atom is -0.392 e. The number of halogens is 2. The molecule has 0 unspecified atom stereocenters. The molecule has 88 valence electrons. The number of benzene rings is 1. The van der Waals surface area contributed by atoms with Crippen LogP contribution in [0.5, 0.6) is 0 Å². The Bertz CT molecular complexity index is 380. The quantitative estimate of drug-likeness (QED) is 0.809. The first kappa shape index (κ1) is 12.6. The lowest BCUT2D eigenvalue weighted by molar-refractivity contribution is -0.120. The summed E-state index contributed by atoms with van der Waals surface area (Å²) in [6, 6.07) is 3.68. The lowest BCUT2D eigenvalue weighted by Gasteiger charge is -2.07. The van der Waals surface area contributed by atoms with E-state index >= 15 is 0 Å². The van der Waals surface area contributed by atoms with Crippen LogP contribution >= 0.6 is 0 Å². The van der Waals surface area contributed by atoms with Gasteiger partial charge in [-0.3, -0.25) is 4.79 Å². The summed E-state index contributed by atoms with van der Waals surface area (Å²) >= 11 is 0. The summed E-state index contributed by atoms with van der Waals surface area (Å²) in [5.74, 6) is -2.43. The first-order valence-electron chi connectivity index (χ1n) is 4.88. The van der Waals surface area contributed by atoms with E-state index in [0.717, 1.165) is 6.07 Å². The number of rotatable bonds is 4. The van der Waals surface area contributed by atoms with Crippen LogP contribution in [0.25, 0.3) is 0 Å². The van der Waals surface area contributed by atoms with Crippen LogP contribution in [-0.2, 0) is 11.2 Å². The van der Waals surface area contributed by atoms with E-state index in [1.54, 1.807) is 0 Å². The lowest BCUT2D eigenvalue weighted by Crippen LogP contribution is -2.31. The van der Waals surface area contributed by atoms with Crippen molar-refractivity contribution in [2.24, 2.45) is 0 Å². The fourth-order valence-corrected chi connectivity index (χ4v) is 1.18. The number of aliphatic hydroxyl groups excluding tert-OH is 1. The third-order valence-electron chi connectivity index (χ3n) is 1.98. The maximum atomic E-state index is 13.2. The predicted molar refractivity (Wildman–Crippen MR) is 54.8 cm³/mol. The average molecular weight is 229 g/mol. The van der Waals surface area contributed by atoms with Gasteiger partial charge in [0.1, 0.15) is 0 Å². The van der Waals surface area contributed by atoms with Gasteiger partial charge in [0.15, 0.2) is 11.6 Å². The van der Waals surface area contributed by atoms with Gasteiger partial charge in [-0.2, -0.15) is 0 Å². The van der Waals surface area contributed by atoms with E-state index in [9.17, 15) is 13.6 Å². The van der Waals surface area contributed by atoms with Crippen LogP contribution < -0.4 is 5.32 Å². The third kappa shape index (κ3) is 3.58. The molecule has 5 heteroatoms. The first-order chi connectivity index (χ1) is 7.50. The van der Waals surface area contributed by atoms with Crippen molar-refractivity contribution in [1.29, 1.82) is 0 Å². The Morgan fingerprint density at radius 2 is 2.19 bits per heavy atom. The zero-order valence-corrected chi connectivity index (χ0v) is 8.84. The van der Waals surface area contributed by atoms with E-state index < -0.39 is 23.6 Å². The molecule has 1 aromatic rings. The maximum absolute atomic E-state index is 13.2. The Kier molecular flexibility index (Phi) is 4.37.